The Morgan fingerprint density at radius 3 is 2.71 bits per heavy atom. The van der Waals surface area contributed by atoms with E-state index in [1.165, 1.54) is 0 Å². The predicted molar refractivity (Wildman–Crippen MR) is 65.8 cm³/mol. The third-order valence-corrected chi connectivity index (χ3v) is 3.77. The van der Waals surface area contributed by atoms with Crippen LogP contribution < -0.4 is 10.5 Å². The summed E-state index contributed by atoms with van der Waals surface area (Å²) in [6, 6.07) is 1.85. The summed E-state index contributed by atoms with van der Waals surface area (Å²) in [7, 11) is -3.81. The highest BCUT2D eigenvalue weighted by Crippen LogP contribution is 2.26. The van der Waals surface area contributed by atoms with E-state index in [9.17, 15) is 12.8 Å². The second-order valence-electron chi connectivity index (χ2n) is 3.59. The van der Waals surface area contributed by atoms with Crippen LogP contribution in [0, 0.1) is 5.82 Å². The Kier molecular flexibility index (Phi) is 4.13. The van der Waals surface area contributed by atoms with Crippen LogP contribution in [-0.4, -0.2) is 15.0 Å². The quantitative estimate of drug-likeness (QED) is 0.653. The maximum Gasteiger partial charge on any atom is 0.242 e. The average molecular weight is 279 g/mol. The first kappa shape index (κ1) is 14.0. The van der Waals surface area contributed by atoms with Gasteiger partial charge in [-0.15, -0.1) is 0 Å². The number of anilines is 1. The molecule has 0 bridgehead atoms. The fourth-order valence-electron chi connectivity index (χ4n) is 1.05. The number of nitrogens with two attached hydrogens (primary N) is 1. The molecule has 0 saturated carbocycles. The van der Waals surface area contributed by atoms with Crippen molar-refractivity contribution in [2.45, 2.75) is 11.8 Å². The molecule has 0 heterocycles. The first-order valence-corrected chi connectivity index (χ1v) is 6.48. The molecule has 3 N–H and O–H groups in total. The van der Waals surface area contributed by atoms with Crippen molar-refractivity contribution in [2.24, 2.45) is 0 Å². The summed E-state index contributed by atoms with van der Waals surface area (Å²) in [5.74, 6) is -0.756. The Morgan fingerprint density at radius 1 is 1.59 bits per heavy atom. The van der Waals surface area contributed by atoms with Crippen molar-refractivity contribution in [1.82, 2.24) is 4.72 Å². The van der Waals surface area contributed by atoms with Gasteiger partial charge in [-0.25, -0.2) is 17.5 Å². The molecule has 1 rings (SSSR count). The van der Waals surface area contributed by atoms with Gasteiger partial charge >= 0.3 is 0 Å². The van der Waals surface area contributed by atoms with Crippen molar-refractivity contribution in [2.75, 3.05) is 12.3 Å². The van der Waals surface area contributed by atoms with E-state index in [-0.39, 0.29) is 22.2 Å². The molecule has 0 fully saturated rings. The second kappa shape index (κ2) is 5.03. The lowest BCUT2D eigenvalue weighted by atomic mass is 10.3. The van der Waals surface area contributed by atoms with Gasteiger partial charge in [0.25, 0.3) is 0 Å². The molecule has 94 valence electrons. The van der Waals surface area contributed by atoms with Crippen molar-refractivity contribution in [3.05, 3.63) is 35.1 Å². The smallest absolute Gasteiger partial charge is 0.242 e. The van der Waals surface area contributed by atoms with Crippen LogP contribution in [0.2, 0.25) is 5.02 Å². The number of hydrogen-bond acceptors (Lipinski definition) is 3. The van der Waals surface area contributed by atoms with Crippen LogP contribution in [0.5, 0.6) is 0 Å². The lowest BCUT2D eigenvalue weighted by molar-refractivity contribution is 0.584. The van der Waals surface area contributed by atoms with E-state index in [2.05, 4.69) is 11.3 Å². The Bertz CT molecular complexity index is 558. The predicted octanol–water partition coefficient (Wildman–Crippen LogP) is 1.92. The first-order valence-electron chi connectivity index (χ1n) is 4.62. The van der Waals surface area contributed by atoms with Crippen molar-refractivity contribution in [3.8, 4) is 0 Å². The number of sulfonamides is 1. The molecular weight excluding hydrogens is 267 g/mol. The monoisotopic (exact) mass is 278 g/mol. The minimum atomic E-state index is -3.81. The van der Waals surface area contributed by atoms with Crippen LogP contribution in [0.1, 0.15) is 6.92 Å². The standard InChI is InChI=1S/C10H12ClFN2O2S/c1-6(2)5-14-17(15,16)10-4-9(13)8(12)3-7(10)11/h3-4,14H,1,5,13H2,2H3. The zero-order chi connectivity index (χ0) is 13.2. The maximum absolute atomic E-state index is 13.0. The van der Waals surface area contributed by atoms with Crippen molar-refractivity contribution >= 4 is 27.3 Å². The molecule has 0 unspecified atom stereocenters. The topological polar surface area (TPSA) is 72.2 Å². The number of nitrogens with one attached hydrogen (secondary N) is 1. The van der Waals surface area contributed by atoms with Crippen LogP contribution in [0.25, 0.3) is 0 Å². The SMILES string of the molecule is C=C(C)CNS(=O)(=O)c1cc(N)c(F)cc1Cl. The lowest BCUT2D eigenvalue weighted by Crippen LogP contribution is -2.25. The normalized spacial score (nSPS) is 11.5. The second-order valence-corrected chi connectivity index (χ2v) is 5.73. The van der Waals surface area contributed by atoms with Crippen molar-refractivity contribution < 1.29 is 12.8 Å². The minimum absolute atomic E-state index is 0.0793. The Balaban J connectivity index is 3.15. The van der Waals surface area contributed by atoms with Crippen LogP contribution in [0.4, 0.5) is 10.1 Å². The molecule has 7 heteroatoms. The van der Waals surface area contributed by atoms with Gasteiger partial charge in [-0.1, -0.05) is 23.8 Å². The van der Waals surface area contributed by atoms with E-state index < -0.39 is 15.8 Å². The highest BCUT2D eigenvalue weighted by atomic mass is 35.5. The first-order chi connectivity index (χ1) is 7.74. The van der Waals surface area contributed by atoms with Crippen LogP contribution in [-0.2, 0) is 10.0 Å². The molecule has 0 aromatic heterocycles. The Morgan fingerprint density at radius 2 is 2.18 bits per heavy atom. The van der Waals surface area contributed by atoms with Crippen molar-refractivity contribution in [1.29, 1.82) is 0 Å². The number of benzene rings is 1. The van der Waals surface area contributed by atoms with Crippen molar-refractivity contribution in [3.63, 3.8) is 0 Å². The largest absolute Gasteiger partial charge is 0.396 e. The molecule has 0 amide bonds. The number of rotatable bonds is 4. The summed E-state index contributed by atoms with van der Waals surface area (Å²) >= 11 is 5.66. The Labute approximate surface area is 104 Å². The molecule has 1 aromatic carbocycles. The van der Waals surface area contributed by atoms with Gasteiger partial charge in [0.15, 0.2) is 0 Å². The summed E-state index contributed by atoms with van der Waals surface area (Å²) in [6.45, 7) is 5.31. The lowest BCUT2D eigenvalue weighted by Gasteiger charge is -2.09. The van der Waals surface area contributed by atoms with Gasteiger partial charge in [-0.05, 0) is 19.1 Å². The van der Waals surface area contributed by atoms with E-state index in [0.29, 0.717) is 5.57 Å². The summed E-state index contributed by atoms with van der Waals surface area (Å²) in [4.78, 5) is -0.251. The van der Waals surface area contributed by atoms with Gasteiger partial charge in [-0.3, -0.25) is 0 Å². The number of nitrogen functional groups attached to an aromatic ring is 1. The molecule has 0 aliphatic carbocycles. The molecule has 0 saturated heterocycles. The van der Waals surface area contributed by atoms with Gasteiger partial charge in [-0.2, -0.15) is 0 Å². The van der Waals surface area contributed by atoms with E-state index >= 15 is 0 Å². The van der Waals surface area contributed by atoms with Gasteiger partial charge < -0.3 is 5.73 Å². The minimum Gasteiger partial charge on any atom is -0.396 e. The van der Waals surface area contributed by atoms with Gasteiger partial charge in [0, 0.05) is 6.54 Å². The molecule has 0 spiro atoms. The molecular formula is C10H12ClFN2O2S. The summed E-state index contributed by atoms with van der Waals surface area (Å²) < 4.78 is 38.9. The van der Waals surface area contributed by atoms with Crippen LogP contribution in [0.3, 0.4) is 0 Å². The zero-order valence-corrected chi connectivity index (χ0v) is 10.7. The van der Waals surface area contributed by atoms with Crippen LogP contribution >= 0.6 is 11.6 Å². The van der Waals surface area contributed by atoms with E-state index in [4.69, 9.17) is 17.3 Å². The zero-order valence-electron chi connectivity index (χ0n) is 9.13. The third kappa shape index (κ3) is 3.42. The molecule has 0 aliphatic heterocycles. The maximum atomic E-state index is 13.0. The average Bonchev–Trinajstić information content (AvgIpc) is 2.20. The Hall–Kier alpha value is -1.11. The number of halogens is 2. The van der Waals surface area contributed by atoms with E-state index in [1.54, 1.807) is 6.92 Å². The van der Waals surface area contributed by atoms with Crippen LogP contribution in [0.15, 0.2) is 29.2 Å². The molecule has 0 radical (unpaired) electrons. The number of hydrogen-bond donors (Lipinski definition) is 2. The molecule has 0 aliphatic rings. The van der Waals surface area contributed by atoms with E-state index in [0.717, 1.165) is 12.1 Å². The molecule has 1 aromatic rings. The highest BCUT2D eigenvalue weighted by Gasteiger charge is 2.19. The summed E-state index contributed by atoms with van der Waals surface area (Å²) in [5.41, 5.74) is 5.66. The highest BCUT2D eigenvalue weighted by molar-refractivity contribution is 7.89. The molecule has 4 nitrogen and oxygen atoms in total. The third-order valence-electron chi connectivity index (χ3n) is 1.90. The fraction of sp³-hybridized carbons (Fsp3) is 0.200. The van der Waals surface area contributed by atoms with Gasteiger partial charge in [0.1, 0.15) is 10.7 Å². The van der Waals surface area contributed by atoms with E-state index in [1.807, 2.05) is 0 Å². The van der Waals surface area contributed by atoms with Gasteiger partial charge in [0.05, 0.1) is 10.7 Å². The summed E-state index contributed by atoms with van der Waals surface area (Å²) in [6.07, 6.45) is 0. The molecule has 17 heavy (non-hydrogen) atoms. The molecule has 0 atom stereocenters. The summed E-state index contributed by atoms with van der Waals surface area (Å²) in [5, 5.41) is -0.217. The fourth-order valence-corrected chi connectivity index (χ4v) is 2.69. The van der Waals surface area contributed by atoms with Gasteiger partial charge in [0.2, 0.25) is 10.0 Å².